The van der Waals surface area contributed by atoms with Crippen molar-refractivity contribution < 1.29 is 9.15 Å². The summed E-state index contributed by atoms with van der Waals surface area (Å²) in [5, 5.41) is 13.7. The van der Waals surface area contributed by atoms with Crippen LogP contribution in [0.3, 0.4) is 0 Å². The molecule has 0 unspecified atom stereocenters. The third kappa shape index (κ3) is 2.01. The first kappa shape index (κ1) is 12.8. The average Bonchev–Trinajstić information content (AvgIpc) is 3.14. The Bertz CT molecular complexity index is 813. The van der Waals surface area contributed by atoms with Crippen LogP contribution in [0.15, 0.2) is 47.1 Å². The summed E-state index contributed by atoms with van der Waals surface area (Å²) in [7, 11) is 1.57. The molecule has 0 fully saturated rings. The van der Waals surface area contributed by atoms with E-state index in [0.29, 0.717) is 22.9 Å². The van der Waals surface area contributed by atoms with Gasteiger partial charge in [-0.3, -0.25) is 0 Å². The van der Waals surface area contributed by atoms with Crippen LogP contribution in [0.1, 0.15) is 5.56 Å². The van der Waals surface area contributed by atoms with Crippen LogP contribution in [0.25, 0.3) is 17.1 Å². The van der Waals surface area contributed by atoms with Gasteiger partial charge in [-0.15, -0.1) is 0 Å². The van der Waals surface area contributed by atoms with E-state index in [2.05, 4.69) is 11.2 Å². The normalized spacial score (nSPS) is 10.3. The van der Waals surface area contributed by atoms with E-state index in [4.69, 9.17) is 14.9 Å². The predicted octanol–water partition coefficient (Wildman–Crippen LogP) is 2.59. The Balaban J connectivity index is 2.24. The molecule has 6 nitrogen and oxygen atoms in total. The summed E-state index contributed by atoms with van der Waals surface area (Å²) >= 11 is 0. The highest BCUT2D eigenvalue weighted by molar-refractivity contribution is 5.71. The van der Waals surface area contributed by atoms with Crippen molar-refractivity contribution in [2.45, 2.75) is 0 Å². The van der Waals surface area contributed by atoms with Crippen molar-refractivity contribution in [3.05, 3.63) is 48.2 Å². The molecule has 2 aromatic heterocycles. The molecule has 0 aliphatic rings. The number of methoxy groups -OCH3 is 1. The molecule has 2 heterocycles. The number of hydrogen-bond donors (Lipinski definition) is 1. The molecule has 2 N–H and O–H groups in total. The molecule has 0 bridgehead atoms. The molecular formula is C15H12N4O2. The monoisotopic (exact) mass is 280 g/mol. The van der Waals surface area contributed by atoms with Crippen molar-refractivity contribution in [3.8, 4) is 29.0 Å². The van der Waals surface area contributed by atoms with E-state index < -0.39 is 0 Å². The third-order valence-electron chi connectivity index (χ3n) is 3.10. The van der Waals surface area contributed by atoms with Gasteiger partial charge in [0, 0.05) is 0 Å². The van der Waals surface area contributed by atoms with Crippen LogP contribution in [0.2, 0.25) is 0 Å². The number of furan rings is 1. The number of nitrogen functional groups attached to an aromatic ring is 1. The number of nitrogens with zero attached hydrogens (tertiary/aromatic N) is 3. The minimum absolute atomic E-state index is 0.244. The van der Waals surface area contributed by atoms with Crippen LogP contribution >= 0.6 is 0 Å². The molecule has 1 aromatic carbocycles. The molecule has 3 rings (SSSR count). The van der Waals surface area contributed by atoms with E-state index in [0.717, 1.165) is 0 Å². The summed E-state index contributed by atoms with van der Waals surface area (Å²) in [6, 6.07) is 12.8. The first-order valence-corrected chi connectivity index (χ1v) is 6.22. The predicted molar refractivity (Wildman–Crippen MR) is 76.9 cm³/mol. The topological polar surface area (TPSA) is 90.0 Å². The van der Waals surface area contributed by atoms with Gasteiger partial charge in [-0.05, 0) is 24.3 Å². The number of benzene rings is 1. The average molecular weight is 280 g/mol. The Labute approximate surface area is 121 Å². The van der Waals surface area contributed by atoms with Crippen molar-refractivity contribution in [2.24, 2.45) is 0 Å². The van der Waals surface area contributed by atoms with Gasteiger partial charge in [0.05, 0.1) is 13.4 Å². The summed E-state index contributed by atoms with van der Waals surface area (Å²) in [5.74, 6) is 1.35. The molecule has 0 aliphatic carbocycles. The molecule has 0 amide bonds. The number of ether oxygens (including phenoxy) is 1. The molecule has 104 valence electrons. The van der Waals surface area contributed by atoms with Gasteiger partial charge in [0.15, 0.2) is 5.76 Å². The number of aromatic nitrogens is 2. The molecule has 0 radical (unpaired) electrons. The maximum atomic E-state index is 9.33. The number of nitrogens with two attached hydrogens (primary N) is 1. The van der Waals surface area contributed by atoms with Crippen molar-refractivity contribution in [1.29, 1.82) is 5.26 Å². The van der Waals surface area contributed by atoms with E-state index >= 15 is 0 Å². The zero-order valence-electron chi connectivity index (χ0n) is 11.3. The van der Waals surface area contributed by atoms with E-state index in [1.165, 1.54) is 10.9 Å². The summed E-state index contributed by atoms with van der Waals surface area (Å²) in [6.07, 6.45) is 1.52. The van der Waals surface area contributed by atoms with Crippen LogP contribution < -0.4 is 10.5 Å². The summed E-state index contributed by atoms with van der Waals surface area (Å²) in [6.45, 7) is 0. The molecule has 3 aromatic rings. The second-order valence-corrected chi connectivity index (χ2v) is 4.28. The molecule has 21 heavy (non-hydrogen) atoms. The number of anilines is 1. The Kier molecular flexibility index (Phi) is 3.09. The van der Waals surface area contributed by atoms with Gasteiger partial charge in [-0.2, -0.15) is 10.4 Å². The van der Waals surface area contributed by atoms with Crippen LogP contribution in [-0.2, 0) is 0 Å². The summed E-state index contributed by atoms with van der Waals surface area (Å²) < 4.78 is 12.1. The van der Waals surface area contributed by atoms with E-state index in [9.17, 15) is 5.26 Å². The Morgan fingerprint density at radius 3 is 2.76 bits per heavy atom. The Hall–Kier alpha value is -3.20. The van der Waals surface area contributed by atoms with Gasteiger partial charge >= 0.3 is 0 Å². The van der Waals surface area contributed by atoms with E-state index in [-0.39, 0.29) is 11.4 Å². The molecular weight excluding hydrogens is 268 g/mol. The largest absolute Gasteiger partial charge is 0.494 e. The fraction of sp³-hybridized carbons (Fsp3) is 0.0667. The minimum atomic E-state index is 0.244. The number of nitriles is 1. The lowest BCUT2D eigenvalue weighted by molar-refractivity contribution is 0.412. The fourth-order valence-corrected chi connectivity index (χ4v) is 2.12. The van der Waals surface area contributed by atoms with Gasteiger partial charge in [0.25, 0.3) is 0 Å². The first-order valence-electron chi connectivity index (χ1n) is 6.22. The number of rotatable bonds is 3. The number of para-hydroxylation sites is 2. The highest BCUT2D eigenvalue weighted by atomic mass is 16.5. The molecule has 0 aliphatic heterocycles. The molecule has 0 saturated heterocycles. The third-order valence-corrected chi connectivity index (χ3v) is 3.10. The van der Waals surface area contributed by atoms with Crippen molar-refractivity contribution in [1.82, 2.24) is 9.78 Å². The van der Waals surface area contributed by atoms with Gasteiger partial charge in [-0.25, -0.2) is 4.68 Å². The maximum absolute atomic E-state index is 9.33. The van der Waals surface area contributed by atoms with Crippen molar-refractivity contribution in [2.75, 3.05) is 12.8 Å². The molecule has 0 atom stereocenters. The highest BCUT2D eigenvalue weighted by Crippen LogP contribution is 2.31. The summed E-state index contributed by atoms with van der Waals surface area (Å²) in [4.78, 5) is 0. The minimum Gasteiger partial charge on any atom is -0.494 e. The maximum Gasteiger partial charge on any atom is 0.155 e. The van der Waals surface area contributed by atoms with Crippen LogP contribution in [-0.4, -0.2) is 16.9 Å². The SMILES string of the molecule is COc1ccccc1-n1nc(-c2ccco2)c(C#N)c1N. The standard InChI is InChI=1S/C15H12N4O2/c1-20-12-6-3-2-5-11(12)19-15(17)10(9-16)14(18-19)13-7-4-8-21-13/h2-8H,17H2,1H3. The molecule has 0 saturated carbocycles. The summed E-state index contributed by atoms with van der Waals surface area (Å²) in [5.41, 5.74) is 7.40. The second kappa shape index (κ2) is 5.06. The van der Waals surface area contributed by atoms with Crippen molar-refractivity contribution >= 4 is 5.82 Å². The van der Waals surface area contributed by atoms with Gasteiger partial charge in [0.1, 0.15) is 34.6 Å². The Morgan fingerprint density at radius 1 is 1.29 bits per heavy atom. The van der Waals surface area contributed by atoms with Crippen LogP contribution in [0.5, 0.6) is 5.75 Å². The molecule has 6 heteroatoms. The van der Waals surface area contributed by atoms with E-state index in [1.807, 2.05) is 18.2 Å². The van der Waals surface area contributed by atoms with Crippen molar-refractivity contribution in [3.63, 3.8) is 0 Å². The lowest BCUT2D eigenvalue weighted by Gasteiger charge is -2.08. The van der Waals surface area contributed by atoms with E-state index in [1.54, 1.807) is 25.3 Å². The zero-order valence-corrected chi connectivity index (χ0v) is 11.3. The zero-order chi connectivity index (χ0) is 14.8. The second-order valence-electron chi connectivity index (χ2n) is 4.28. The first-order chi connectivity index (χ1) is 10.3. The van der Waals surface area contributed by atoms with Gasteiger partial charge < -0.3 is 14.9 Å². The van der Waals surface area contributed by atoms with Gasteiger partial charge in [0.2, 0.25) is 0 Å². The van der Waals surface area contributed by atoms with Gasteiger partial charge in [-0.1, -0.05) is 12.1 Å². The van der Waals surface area contributed by atoms with Crippen LogP contribution in [0.4, 0.5) is 5.82 Å². The Morgan fingerprint density at radius 2 is 2.10 bits per heavy atom. The highest BCUT2D eigenvalue weighted by Gasteiger charge is 2.21. The van der Waals surface area contributed by atoms with Crippen LogP contribution in [0, 0.1) is 11.3 Å². The number of hydrogen-bond acceptors (Lipinski definition) is 5. The smallest absolute Gasteiger partial charge is 0.155 e. The lowest BCUT2D eigenvalue weighted by Crippen LogP contribution is -2.04. The fourth-order valence-electron chi connectivity index (χ4n) is 2.12. The quantitative estimate of drug-likeness (QED) is 0.796. The molecule has 0 spiro atoms. The lowest BCUT2D eigenvalue weighted by atomic mass is 10.2.